The average Bonchev–Trinajstić information content (AvgIpc) is 3.42. The van der Waals surface area contributed by atoms with Crippen LogP contribution in [-0.4, -0.2) is 4.57 Å². The molecule has 0 saturated heterocycles. The Hall–Kier alpha value is -5.60. The van der Waals surface area contributed by atoms with Crippen LogP contribution in [0, 0.1) is 0 Å². The number of fused-ring (bicyclic) bond motifs is 5. The van der Waals surface area contributed by atoms with E-state index < -0.39 is 0 Å². The molecule has 0 aliphatic rings. The van der Waals surface area contributed by atoms with Crippen LogP contribution in [0.5, 0.6) is 0 Å². The first-order chi connectivity index (χ1) is 21.2. The summed E-state index contributed by atoms with van der Waals surface area (Å²) in [7, 11) is 0. The van der Waals surface area contributed by atoms with Gasteiger partial charge in [0.15, 0.2) is 0 Å². The molecular formula is C41H32N2. The zero-order valence-electron chi connectivity index (χ0n) is 24.2. The molecule has 0 bridgehead atoms. The van der Waals surface area contributed by atoms with Crippen LogP contribution < -0.4 is 4.90 Å². The second-order valence-corrected chi connectivity index (χ2v) is 10.7. The Morgan fingerprint density at radius 2 is 1.37 bits per heavy atom. The summed E-state index contributed by atoms with van der Waals surface area (Å²) < 4.78 is 2.42. The van der Waals surface area contributed by atoms with Crippen LogP contribution in [0.25, 0.3) is 43.8 Å². The number of para-hydroxylation sites is 2. The van der Waals surface area contributed by atoms with Crippen molar-refractivity contribution in [3.8, 4) is 5.69 Å². The molecule has 6 aromatic carbocycles. The third-order valence-corrected chi connectivity index (χ3v) is 8.00. The van der Waals surface area contributed by atoms with E-state index in [4.69, 9.17) is 0 Å². The van der Waals surface area contributed by atoms with Gasteiger partial charge >= 0.3 is 0 Å². The molecule has 1 aromatic heterocycles. The van der Waals surface area contributed by atoms with Gasteiger partial charge in [0.2, 0.25) is 0 Å². The van der Waals surface area contributed by atoms with Crippen LogP contribution in [-0.2, 0) is 0 Å². The van der Waals surface area contributed by atoms with Gasteiger partial charge < -0.3 is 9.47 Å². The molecule has 0 amide bonds. The monoisotopic (exact) mass is 552 g/mol. The average molecular weight is 553 g/mol. The van der Waals surface area contributed by atoms with Gasteiger partial charge in [0, 0.05) is 33.2 Å². The minimum absolute atomic E-state index is 0.971. The normalized spacial score (nSPS) is 11.7. The lowest BCUT2D eigenvalue weighted by molar-refractivity contribution is 1.18. The molecule has 0 saturated carbocycles. The first-order valence-electron chi connectivity index (χ1n) is 14.7. The van der Waals surface area contributed by atoms with E-state index in [1.165, 1.54) is 32.6 Å². The van der Waals surface area contributed by atoms with E-state index in [1.807, 2.05) is 25.2 Å². The highest BCUT2D eigenvalue weighted by molar-refractivity contribution is 6.22. The zero-order valence-corrected chi connectivity index (χ0v) is 24.2. The predicted molar refractivity (Wildman–Crippen MR) is 186 cm³/mol. The minimum atomic E-state index is 0.971. The van der Waals surface area contributed by atoms with Gasteiger partial charge in [0.1, 0.15) is 0 Å². The molecule has 1 heterocycles. The smallest absolute Gasteiger partial charge is 0.0620 e. The molecule has 0 radical (unpaired) electrons. The number of nitrogens with zero attached hydrogens (tertiary/aromatic N) is 2. The van der Waals surface area contributed by atoms with Crippen LogP contribution in [0.4, 0.5) is 17.1 Å². The summed E-state index contributed by atoms with van der Waals surface area (Å²) in [4.78, 5) is 2.37. The fraction of sp³-hybridized carbons (Fsp3) is 0.0244. The third kappa shape index (κ3) is 4.73. The Morgan fingerprint density at radius 1 is 0.651 bits per heavy atom. The zero-order chi connectivity index (χ0) is 29.2. The third-order valence-electron chi connectivity index (χ3n) is 8.00. The molecule has 0 atom stereocenters. The Morgan fingerprint density at radius 3 is 2.19 bits per heavy atom. The van der Waals surface area contributed by atoms with Gasteiger partial charge in [0.25, 0.3) is 0 Å². The van der Waals surface area contributed by atoms with Crippen molar-refractivity contribution in [2.24, 2.45) is 0 Å². The second kappa shape index (κ2) is 11.3. The van der Waals surface area contributed by atoms with E-state index in [0.717, 1.165) is 33.9 Å². The summed E-state index contributed by atoms with van der Waals surface area (Å²) in [5.41, 5.74) is 8.91. The summed E-state index contributed by atoms with van der Waals surface area (Å²) in [6.45, 7) is 6.37. The van der Waals surface area contributed by atoms with Crippen molar-refractivity contribution in [1.29, 1.82) is 0 Å². The van der Waals surface area contributed by atoms with Gasteiger partial charge in [-0.1, -0.05) is 122 Å². The molecule has 2 nitrogen and oxygen atoms in total. The van der Waals surface area contributed by atoms with Gasteiger partial charge in [0.05, 0.1) is 16.7 Å². The molecule has 2 heteroatoms. The van der Waals surface area contributed by atoms with Crippen molar-refractivity contribution < 1.29 is 0 Å². The number of hydrogen-bond acceptors (Lipinski definition) is 1. The Kier molecular flexibility index (Phi) is 6.94. The number of allylic oxidation sites excluding steroid dienone is 5. The Bertz CT molecular complexity index is 2150. The van der Waals surface area contributed by atoms with E-state index in [0.29, 0.717) is 0 Å². The van der Waals surface area contributed by atoms with Crippen molar-refractivity contribution in [3.63, 3.8) is 0 Å². The maximum absolute atomic E-state index is 4.36. The highest BCUT2D eigenvalue weighted by Gasteiger charge is 2.22. The van der Waals surface area contributed by atoms with Gasteiger partial charge in [-0.2, -0.15) is 0 Å². The van der Waals surface area contributed by atoms with Gasteiger partial charge in [-0.25, -0.2) is 0 Å². The summed E-state index contributed by atoms with van der Waals surface area (Å²) in [5, 5.41) is 4.91. The highest BCUT2D eigenvalue weighted by Crippen LogP contribution is 2.45. The van der Waals surface area contributed by atoms with E-state index in [2.05, 4.69) is 162 Å². The predicted octanol–water partition coefficient (Wildman–Crippen LogP) is 11.6. The number of hydrogen-bond donors (Lipinski definition) is 0. The molecule has 206 valence electrons. The summed E-state index contributed by atoms with van der Waals surface area (Å²) >= 11 is 0. The van der Waals surface area contributed by atoms with Crippen molar-refractivity contribution in [2.75, 3.05) is 4.90 Å². The highest BCUT2D eigenvalue weighted by atomic mass is 15.1. The number of aromatic nitrogens is 1. The molecule has 43 heavy (non-hydrogen) atoms. The van der Waals surface area contributed by atoms with Gasteiger partial charge in [-0.05, 0) is 72.0 Å². The molecule has 0 unspecified atom stereocenters. The lowest BCUT2D eigenvalue weighted by atomic mass is 10.0. The lowest BCUT2D eigenvalue weighted by Gasteiger charge is -2.27. The fourth-order valence-corrected chi connectivity index (χ4v) is 6.07. The molecule has 0 spiro atoms. The van der Waals surface area contributed by atoms with E-state index >= 15 is 0 Å². The van der Waals surface area contributed by atoms with Crippen molar-refractivity contribution >= 4 is 55.2 Å². The summed E-state index contributed by atoms with van der Waals surface area (Å²) in [6, 6.07) is 49.9. The molecule has 7 aromatic rings. The molecule has 7 rings (SSSR count). The molecular weight excluding hydrogens is 520 g/mol. The molecule has 0 aliphatic heterocycles. The van der Waals surface area contributed by atoms with Crippen molar-refractivity contribution in [3.05, 3.63) is 176 Å². The number of benzene rings is 6. The molecule has 0 N–H and O–H groups in total. The number of anilines is 3. The van der Waals surface area contributed by atoms with Crippen molar-refractivity contribution in [2.45, 2.75) is 6.92 Å². The SMILES string of the molecule is C=C(/C=C\C=C/C)c1cccc(N(c2ccccc2)c2cccc3c2c2ccc4ccccc4c2n3-c2ccccc2)c1. The summed E-state index contributed by atoms with van der Waals surface area (Å²) in [5.74, 6) is 0. The van der Waals surface area contributed by atoms with Gasteiger partial charge in [-0.3, -0.25) is 0 Å². The van der Waals surface area contributed by atoms with Crippen LogP contribution in [0.3, 0.4) is 0 Å². The largest absolute Gasteiger partial charge is 0.310 e. The standard InChI is InChI=1S/C41H32N2/c1-3-4-7-16-30(2)32-18-14-23-35(29-32)42(33-19-8-5-9-20-33)38-25-15-26-39-40(38)37-28-27-31-17-12-13-24-36(31)41(37)43(39)34-21-10-6-11-22-34/h3-29H,2H2,1H3/b4-3-,16-7-. The van der Waals surface area contributed by atoms with Crippen LogP contribution in [0.1, 0.15) is 12.5 Å². The second-order valence-electron chi connectivity index (χ2n) is 10.7. The topological polar surface area (TPSA) is 8.17 Å². The lowest BCUT2D eigenvalue weighted by Crippen LogP contribution is -2.10. The first-order valence-corrected chi connectivity index (χ1v) is 14.7. The Balaban J connectivity index is 1.54. The van der Waals surface area contributed by atoms with Crippen LogP contribution >= 0.6 is 0 Å². The van der Waals surface area contributed by atoms with Crippen LogP contribution in [0.15, 0.2) is 170 Å². The van der Waals surface area contributed by atoms with E-state index in [1.54, 1.807) is 0 Å². The maximum Gasteiger partial charge on any atom is 0.0620 e. The van der Waals surface area contributed by atoms with Gasteiger partial charge in [-0.15, -0.1) is 0 Å². The Labute approximate surface area is 252 Å². The quantitative estimate of drug-likeness (QED) is 0.179. The minimum Gasteiger partial charge on any atom is -0.310 e. The maximum atomic E-state index is 4.36. The first kappa shape index (κ1) is 26.3. The van der Waals surface area contributed by atoms with Crippen molar-refractivity contribution in [1.82, 2.24) is 4.57 Å². The molecule has 0 fully saturated rings. The van der Waals surface area contributed by atoms with E-state index in [9.17, 15) is 0 Å². The van der Waals surface area contributed by atoms with Crippen LogP contribution in [0.2, 0.25) is 0 Å². The fourth-order valence-electron chi connectivity index (χ4n) is 6.07. The number of rotatable bonds is 7. The molecule has 0 aliphatic carbocycles. The summed E-state index contributed by atoms with van der Waals surface area (Å²) in [6.07, 6.45) is 8.14. The van der Waals surface area contributed by atoms with E-state index in [-0.39, 0.29) is 0 Å².